The van der Waals surface area contributed by atoms with E-state index in [0.29, 0.717) is 18.0 Å². The highest BCUT2D eigenvalue weighted by Gasteiger charge is 2.41. The summed E-state index contributed by atoms with van der Waals surface area (Å²) in [6.07, 6.45) is 7.83. The first-order chi connectivity index (χ1) is 9.64. The van der Waals surface area contributed by atoms with Crippen LogP contribution >= 0.6 is 0 Å². The lowest BCUT2D eigenvalue weighted by Gasteiger charge is -2.42. The highest BCUT2D eigenvalue weighted by Crippen LogP contribution is 2.38. The van der Waals surface area contributed by atoms with E-state index >= 15 is 0 Å². The molecule has 2 fully saturated rings. The van der Waals surface area contributed by atoms with Gasteiger partial charge in [0.2, 0.25) is 0 Å². The first-order valence-corrected chi connectivity index (χ1v) is 8.73. The lowest BCUT2D eigenvalue weighted by Crippen LogP contribution is -2.49. The fourth-order valence-electron chi connectivity index (χ4n) is 3.63. The van der Waals surface area contributed by atoms with Crippen molar-refractivity contribution >= 4 is 10.0 Å². The number of sulfonamides is 1. The molecule has 2 aliphatic rings. The molecule has 112 valence electrons. The standard InChI is InChI=1S/C13H21N3O3S/c17-9-11-8-14-15-13(11)20(18,19)16-7-3-5-10-4-1-2-6-12(10)16/h8,10,12,17H,1-7,9H2,(H,14,15)/t10-,12-/m1/s1. The quantitative estimate of drug-likeness (QED) is 0.879. The van der Waals surface area contributed by atoms with E-state index in [4.69, 9.17) is 0 Å². The molecule has 2 heterocycles. The maximum Gasteiger partial charge on any atom is 0.260 e. The van der Waals surface area contributed by atoms with Crippen LogP contribution in [-0.4, -0.2) is 40.6 Å². The molecule has 0 amide bonds. The number of rotatable bonds is 3. The third-order valence-electron chi connectivity index (χ3n) is 4.61. The number of aliphatic hydroxyl groups excluding tert-OH is 1. The van der Waals surface area contributed by atoms with Crippen molar-refractivity contribution in [1.82, 2.24) is 14.5 Å². The highest BCUT2D eigenvalue weighted by atomic mass is 32.2. The molecule has 1 aromatic rings. The van der Waals surface area contributed by atoms with Crippen LogP contribution in [0, 0.1) is 5.92 Å². The number of hydrogen-bond acceptors (Lipinski definition) is 4. The molecule has 0 radical (unpaired) electrons. The molecule has 1 saturated carbocycles. The predicted molar refractivity (Wildman–Crippen MR) is 73.4 cm³/mol. The van der Waals surface area contributed by atoms with Crippen LogP contribution in [0.5, 0.6) is 0 Å². The van der Waals surface area contributed by atoms with Crippen molar-refractivity contribution in [3.63, 3.8) is 0 Å². The lowest BCUT2D eigenvalue weighted by molar-refractivity contribution is 0.128. The van der Waals surface area contributed by atoms with Crippen molar-refractivity contribution in [1.29, 1.82) is 0 Å². The largest absolute Gasteiger partial charge is 0.392 e. The van der Waals surface area contributed by atoms with Crippen LogP contribution in [0.4, 0.5) is 0 Å². The minimum Gasteiger partial charge on any atom is -0.392 e. The van der Waals surface area contributed by atoms with Gasteiger partial charge in [-0.3, -0.25) is 5.10 Å². The zero-order valence-electron chi connectivity index (χ0n) is 11.5. The van der Waals surface area contributed by atoms with Gasteiger partial charge in [-0.2, -0.15) is 9.40 Å². The van der Waals surface area contributed by atoms with E-state index in [9.17, 15) is 13.5 Å². The van der Waals surface area contributed by atoms with Gasteiger partial charge in [0, 0.05) is 18.2 Å². The summed E-state index contributed by atoms with van der Waals surface area (Å²) in [4.78, 5) is 0. The van der Waals surface area contributed by atoms with E-state index in [1.165, 1.54) is 12.6 Å². The molecule has 1 aromatic heterocycles. The molecule has 2 N–H and O–H groups in total. The Morgan fingerprint density at radius 3 is 2.85 bits per heavy atom. The van der Waals surface area contributed by atoms with Gasteiger partial charge in [0.15, 0.2) is 5.03 Å². The number of piperidine rings is 1. The first kappa shape index (κ1) is 14.0. The minimum atomic E-state index is -3.58. The van der Waals surface area contributed by atoms with Crippen molar-refractivity contribution in [2.24, 2.45) is 5.92 Å². The van der Waals surface area contributed by atoms with Gasteiger partial charge in [0.1, 0.15) is 0 Å². The van der Waals surface area contributed by atoms with Crippen LogP contribution in [0.2, 0.25) is 0 Å². The number of aromatic amines is 1. The number of nitrogens with zero attached hydrogens (tertiary/aromatic N) is 2. The van der Waals surface area contributed by atoms with Crippen molar-refractivity contribution in [2.75, 3.05) is 6.54 Å². The number of aliphatic hydroxyl groups is 1. The number of aromatic nitrogens is 2. The van der Waals surface area contributed by atoms with Crippen molar-refractivity contribution in [3.8, 4) is 0 Å². The molecule has 0 spiro atoms. The molecular weight excluding hydrogens is 278 g/mol. The molecular formula is C13H21N3O3S. The van der Waals surface area contributed by atoms with Gasteiger partial charge in [-0.15, -0.1) is 0 Å². The highest BCUT2D eigenvalue weighted by molar-refractivity contribution is 7.89. The molecule has 1 aliphatic carbocycles. The Bertz CT molecular complexity index is 567. The number of nitrogens with one attached hydrogen (secondary N) is 1. The van der Waals surface area contributed by atoms with Crippen LogP contribution < -0.4 is 0 Å². The van der Waals surface area contributed by atoms with Gasteiger partial charge in [-0.05, 0) is 31.6 Å². The van der Waals surface area contributed by atoms with Gasteiger partial charge < -0.3 is 5.11 Å². The summed E-state index contributed by atoms with van der Waals surface area (Å²) in [6.45, 7) is 0.264. The van der Waals surface area contributed by atoms with Gasteiger partial charge in [0.25, 0.3) is 10.0 Å². The molecule has 20 heavy (non-hydrogen) atoms. The predicted octanol–water partition coefficient (Wildman–Crippen LogP) is 1.25. The van der Waals surface area contributed by atoms with E-state index in [2.05, 4.69) is 10.2 Å². The van der Waals surface area contributed by atoms with E-state index in [1.807, 2.05) is 0 Å². The van der Waals surface area contributed by atoms with Gasteiger partial charge in [-0.25, -0.2) is 8.42 Å². The summed E-state index contributed by atoms with van der Waals surface area (Å²) in [7, 11) is -3.58. The monoisotopic (exact) mass is 299 g/mol. The third-order valence-corrected chi connectivity index (χ3v) is 6.55. The fraction of sp³-hybridized carbons (Fsp3) is 0.769. The summed E-state index contributed by atoms with van der Waals surface area (Å²) in [6, 6.07) is 0.123. The molecule has 1 saturated heterocycles. The average Bonchev–Trinajstić information content (AvgIpc) is 2.96. The second kappa shape index (κ2) is 5.46. The average molecular weight is 299 g/mol. The molecule has 3 rings (SSSR count). The van der Waals surface area contributed by atoms with E-state index < -0.39 is 10.0 Å². The SMILES string of the molecule is O=S(=O)(c1[nH]ncc1CO)N1CCC[C@H]2CCCC[C@H]21. The maximum atomic E-state index is 12.8. The molecule has 2 atom stereocenters. The van der Waals surface area contributed by atoms with Gasteiger partial charge in [-0.1, -0.05) is 12.8 Å². The van der Waals surface area contributed by atoms with Crippen molar-refractivity contribution < 1.29 is 13.5 Å². The Labute approximate surface area is 119 Å². The second-order valence-electron chi connectivity index (χ2n) is 5.75. The second-order valence-corrected chi connectivity index (χ2v) is 7.58. The third kappa shape index (κ3) is 2.27. The topological polar surface area (TPSA) is 86.3 Å². The maximum absolute atomic E-state index is 12.8. The Morgan fingerprint density at radius 1 is 1.30 bits per heavy atom. The lowest BCUT2D eigenvalue weighted by atomic mass is 9.79. The zero-order valence-corrected chi connectivity index (χ0v) is 12.3. The molecule has 7 heteroatoms. The van der Waals surface area contributed by atoms with Gasteiger partial charge in [0.05, 0.1) is 12.8 Å². The minimum absolute atomic E-state index is 0.0613. The van der Waals surface area contributed by atoms with Crippen LogP contribution in [0.3, 0.4) is 0 Å². The molecule has 0 bridgehead atoms. The number of H-pyrrole nitrogens is 1. The summed E-state index contributed by atoms with van der Waals surface area (Å²) >= 11 is 0. The van der Waals surface area contributed by atoms with E-state index in [1.54, 1.807) is 4.31 Å². The fourth-order valence-corrected chi connectivity index (χ4v) is 5.48. The number of hydrogen-bond donors (Lipinski definition) is 2. The van der Waals surface area contributed by atoms with E-state index in [0.717, 1.165) is 32.1 Å². The summed E-state index contributed by atoms with van der Waals surface area (Å²) < 4.78 is 27.3. The van der Waals surface area contributed by atoms with Crippen molar-refractivity contribution in [2.45, 2.75) is 56.2 Å². The molecule has 6 nitrogen and oxygen atoms in total. The summed E-state index contributed by atoms with van der Waals surface area (Å²) in [5.41, 5.74) is 0.350. The normalized spacial score (nSPS) is 28.2. The Morgan fingerprint density at radius 2 is 2.05 bits per heavy atom. The van der Waals surface area contributed by atoms with Crippen LogP contribution in [0.25, 0.3) is 0 Å². The summed E-state index contributed by atoms with van der Waals surface area (Å²) in [5, 5.41) is 15.6. The van der Waals surface area contributed by atoms with Crippen molar-refractivity contribution in [3.05, 3.63) is 11.8 Å². The van der Waals surface area contributed by atoms with Crippen LogP contribution in [0.15, 0.2) is 11.2 Å². The van der Waals surface area contributed by atoms with Crippen LogP contribution in [0.1, 0.15) is 44.1 Å². The Kier molecular flexibility index (Phi) is 3.83. The number of fused-ring (bicyclic) bond motifs is 1. The van der Waals surface area contributed by atoms with E-state index in [-0.39, 0.29) is 17.7 Å². The molecule has 1 aliphatic heterocycles. The summed E-state index contributed by atoms with van der Waals surface area (Å²) in [5.74, 6) is 0.493. The molecule has 0 aromatic carbocycles. The van der Waals surface area contributed by atoms with Crippen LogP contribution in [-0.2, 0) is 16.6 Å². The Balaban J connectivity index is 1.93. The smallest absolute Gasteiger partial charge is 0.260 e. The molecule has 0 unspecified atom stereocenters. The first-order valence-electron chi connectivity index (χ1n) is 7.29. The Hall–Kier alpha value is -0.920. The van der Waals surface area contributed by atoms with Gasteiger partial charge >= 0.3 is 0 Å². The zero-order chi connectivity index (χ0) is 14.2.